The number of benzene rings is 1. The number of rotatable bonds is 6. The molecule has 1 saturated carbocycles. The SMILES string of the molecule is Cc1csc(C(NC(=O)NCC(O)c2ccc(F)cc2)C2CC2)n1. The van der Waals surface area contributed by atoms with E-state index in [2.05, 4.69) is 15.6 Å². The van der Waals surface area contributed by atoms with Gasteiger partial charge in [0.15, 0.2) is 0 Å². The van der Waals surface area contributed by atoms with Crippen LogP contribution in [0, 0.1) is 18.7 Å². The van der Waals surface area contributed by atoms with Crippen molar-refractivity contribution in [3.05, 3.63) is 51.7 Å². The molecule has 1 aromatic carbocycles. The van der Waals surface area contributed by atoms with Crippen molar-refractivity contribution >= 4 is 17.4 Å². The molecule has 3 N–H and O–H groups in total. The fraction of sp³-hybridized carbons (Fsp3) is 0.412. The van der Waals surface area contributed by atoms with Crippen molar-refractivity contribution in [1.29, 1.82) is 0 Å². The van der Waals surface area contributed by atoms with Gasteiger partial charge in [-0.05, 0) is 43.4 Å². The Bertz CT molecular complexity index is 700. The van der Waals surface area contributed by atoms with Crippen LogP contribution in [0.4, 0.5) is 9.18 Å². The molecule has 2 unspecified atom stereocenters. The van der Waals surface area contributed by atoms with E-state index in [0.29, 0.717) is 11.5 Å². The van der Waals surface area contributed by atoms with Crippen molar-refractivity contribution in [2.45, 2.75) is 31.9 Å². The van der Waals surface area contributed by atoms with Gasteiger partial charge in [0.1, 0.15) is 10.8 Å². The molecule has 0 bridgehead atoms. The summed E-state index contributed by atoms with van der Waals surface area (Å²) in [5, 5.41) is 18.6. The summed E-state index contributed by atoms with van der Waals surface area (Å²) in [5.74, 6) is 0.0750. The van der Waals surface area contributed by atoms with E-state index in [1.165, 1.54) is 24.3 Å². The van der Waals surface area contributed by atoms with Crippen LogP contribution in [0.2, 0.25) is 0 Å². The molecule has 7 heteroatoms. The van der Waals surface area contributed by atoms with Gasteiger partial charge in [-0.1, -0.05) is 12.1 Å². The first kappa shape index (κ1) is 16.9. The van der Waals surface area contributed by atoms with Crippen LogP contribution in [0.15, 0.2) is 29.6 Å². The van der Waals surface area contributed by atoms with Crippen LogP contribution in [0.25, 0.3) is 0 Å². The predicted octanol–water partition coefficient (Wildman–Crippen LogP) is 3.07. The molecular formula is C17H20FN3O2S. The number of carbonyl (C=O) groups excluding carboxylic acids is 1. The Morgan fingerprint density at radius 2 is 2.12 bits per heavy atom. The Morgan fingerprint density at radius 1 is 1.42 bits per heavy atom. The molecule has 0 radical (unpaired) electrons. The van der Waals surface area contributed by atoms with Crippen LogP contribution < -0.4 is 10.6 Å². The highest BCUT2D eigenvalue weighted by atomic mass is 32.1. The Morgan fingerprint density at radius 3 is 2.71 bits per heavy atom. The van der Waals surface area contributed by atoms with E-state index in [-0.39, 0.29) is 24.4 Å². The normalized spacial score (nSPS) is 16.5. The Hall–Kier alpha value is -1.99. The molecule has 1 aromatic heterocycles. The highest BCUT2D eigenvalue weighted by molar-refractivity contribution is 7.09. The molecule has 1 fully saturated rings. The Kier molecular flexibility index (Phi) is 5.11. The fourth-order valence-corrected chi connectivity index (χ4v) is 3.45. The first-order valence-electron chi connectivity index (χ1n) is 7.93. The number of aromatic nitrogens is 1. The third-order valence-electron chi connectivity index (χ3n) is 3.99. The summed E-state index contributed by atoms with van der Waals surface area (Å²) in [5.41, 5.74) is 1.51. The van der Waals surface area contributed by atoms with Gasteiger partial charge in [-0.25, -0.2) is 14.2 Å². The van der Waals surface area contributed by atoms with Crippen LogP contribution in [0.5, 0.6) is 0 Å². The number of hydrogen-bond donors (Lipinski definition) is 3. The highest BCUT2D eigenvalue weighted by Gasteiger charge is 2.35. The summed E-state index contributed by atoms with van der Waals surface area (Å²) in [6, 6.07) is 5.17. The lowest BCUT2D eigenvalue weighted by Gasteiger charge is -2.18. The van der Waals surface area contributed by atoms with E-state index in [4.69, 9.17) is 0 Å². The van der Waals surface area contributed by atoms with E-state index in [1.54, 1.807) is 11.3 Å². The summed E-state index contributed by atoms with van der Waals surface area (Å²) in [7, 11) is 0. The number of thiazole rings is 1. The van der Waals surface area contributed by atoms with Gasteiger partial charge in [-0.15, -0.1) is 11.3 Å². The van der Waals surface area contributed by atoms with E-state index in [0.717, 1.165) is 23.5 Å². The van der Waals surface area contributed by atoms with E-state index in [1.807, 2.05) is 12.3 Å². The molecule has 1 heterocycles. The predicted molar refractivity (Wildman–Crippen MR) is 90.2 cm³/mol. The number of amides is 2. The maximum Gasteiger partial charge on any atom is 0.315 e. The third kappa shape index (κ3) is 4.30. The molecule has 2 aromatic rings. The van der Waals surface area contributed by atoms with E-state index in [9.17, 15) is 14.3 Å². The van der Waals surface area contributed by atoms with Gasteiger partial charge in [0.2, 0.25) is 0 Å². The maximum absolute atomic E-state index is 12.9. The molecule has 2 amide bonds. The van der Waals surface area contributed by atoms with Crippen molar-refractivity contribution in [2.75, 3.05) is 6.54 Å². The molecule has 24 heavy (non-hydrogen) atoms. The van der Waals surface area contributed by atoms with Crippen LogP contribution >= 0.6 is 11.3 Å². The molecule has 1 aliphatic carbocycles. The van der Waals surface area contributed by atoms with Gasteiger partial charge in [0.05, 0.1) is 12.1 Å². The molecule has 3 rings (SSSR count). The zero-order chi connectivity index (χ0) is 17.1. The molecule has 5 nitrogen and oxygen atoms in total. The van der Waals surface area contributed by atoms with Gasteiger partial charge >= 0.3 is 6.03 Å². The topological polar surface area (TPSA) is 74.2 Å². The summed E-state index contributed by atoms with van der Waals surface area (Å²) in [4.78, 5) is 16.6. The first-order valence-corrected chi connectivity index (χ1v) is 8.81. The molecule has 0 aliphatic heterocycles. The number of aliphatic hydroxyl groups excluding tert-OH is 1. The summed E-state index contributed by atoms with van der Waals surface area (Å²) < 4.78 is 12.9. The monoisotopic (exact) mass is 349 g/mol. The number of hydrogen-bond acceptors (Lipinski definition) is 4. The zero-order valence-corrected chi connectivity index (χ0v) is 14.1. The molecule has 0 saturated heterocycles. The number of nitrogens with zero attached hydrogens (tertiary/aromatic N) is 1. The smallest absolute Gasteiger partial charge is 0.315 e. The lowest BCUT2D eigenvalue weighted by atomic mass is 10.1. The highest BCUT2D eigenvalue weighted by Crippen LogP contribution is 2.41. The van der Waals surface area contributed by atoms with Crippen LogP contribution in [0.1, 0.15) is 41.3 Å². The molecular weight excluding hydrogens is 329 g/mol. The number of nitrogens with one attached hydrogen (secondary N) is 2. The average molecular weight is 349 g/mol. The van der Waals surface area contributed by atoms with Crippen LogP contribution in [0.3, 0.4) is 0 Å². The standard InChI is InChI=1S/C17H20FN3O2S/c1-10-9-24-16(20-10)15(12-2-3-12)21-17(23)19-8-14(22)11-4-6-13(18)7-5-11/h4-7,9,12,14-15,22H,2-3,8H2,1H3,(H2,19,21,23). The second kappa shape index (κ2) is 7.27. The molecule has 0 spiro atoms. The molecule has 1 aliphatic rings. The van der Waals surface area contributed by atoms with Crippen molar-refractivity contribution in [3.63, 3.8) is 0 Å². The largest absolute Gasteiger partial charge is 0.387 e. The Labute approximate surface area is 143 Å². The second-order valence-electron chi connectivity index (χ2n) is 6.06. The molecule has 128 valence electrons. The van der Waals surface area contributed by atoms with Crippen molar-refractivity contribution in [3.8, 4) is 0 Å². The summed E-state index contributed by atoms with van der Waals surface area (Å²) in [6.07, 6.45) is 1.29. The fourth-order valence-electron chi connectivity index (χ4n) is 2.51. The number of aryl methyl sites for hydroxylation is 1. The average Bonchev–Trinajstić information content (AvgIpc) is 3.32. The number of urea groups is 1. The lowest BCUT2D eigenvalue weighted by Crippen LogP contribution is -2.40. The van der Waals surface area contributed by atoms with Crippen LogP contribution in [-0.4, -0.2) is 22.7 Å². The minimum absolute atomic E-state index is 0.0613. The summed E-state index contributed by atoms with van der Waals surface area (Å²) >= 11 is 1.55. The van der Waals surface area contributed by atoms with Gasteiger partial charge in [0, 0.05) is 17.6 Å². The Balaban J connectivity index is 1.53. The quantitative estimate of drug-likeness (QED) is 0.750. The summed E-state index contributed by atoms with van der Waals surface area (Å²) in [6.45, 7) is 1.99. The van der Waals surface area contributed by atoms with E-state index >= 15 is 0 Å². The first-order chi connectivity index (χ1) is 11.5. The van der Waals surface area contributed by atoms with Crippen molar-refractivity contribution in [1.82, 2.24) is 15.6 Å². The van der Waals surface area contributed by atoms with Gasteiger partial charge < -0.3 is 15.7 Å². The lowest BCUT2D eigenvalue weighted by molar-refractivity contribution is 0.172. The van der Waals surface area contributed by atoms with E-state index < -0.39 is 6.10 Å². The minimum Gasteiger partial charge on any atom is -0.387 e. The number of carbonyl (C=O) groups is 1. The number of halogens is 1. The van der Waals surface area contributed by atoms with Crippen LogP contribution in [-0.2, 0) is 0 Å². The van der Waals surface area contributed by atoms with Gasteiger partial charge in [-0.2, -0.15) is 0 Å². The van der Waals surface area contributed by atoms with Crippen molar-refractivity contribution < 1.29 is 14.3 Å². The minimum atomic E-state index is -0.877. The zero-order valence-electron chi connectivity index (χ0n) is 13.3. The van der Waals surface area contributed by atoms with Gasteiger partial charge in [-0.3, -0.25) is 0 Å². The second-order valence-corrected chi connectivity index (χ2v) is 6.95. The third-order valence-corrected chi connectivity index (χ3v) is 5.04. The maximum atomic E-state index is 12.9. The van der Waals surface area contributed by atoms with Crippen molar-refractivity contribution in [2.24, 2.45) is 5.92 Å². The van der Waals surface area contributed by atoms with Gasteiger partial charge in [0.25, 0.3) is 0 Å². The molecule has 2 atom stereocenters. The number of aliphatic hydroxyl groups is 1.